The number of nitrogens with one attached hydrogen (secondary N) is 1. The SMILES string of the molecule is CN=C(NCc1ccc(OCC(F)(F)F)c(OC)c1)N1CCS(=O)(=O)C(C)(C)C1. The van der Waals surface area contributed by atoms with Crippen LogP contribution in [0.3, 0.4) is 0 Å². The van der Waals surface area contributed by atoms with E-state index in [1.54, 1.807) is 33.0 Å². The fourth-order valence-corrected chi connectivity index (χ4v) is 4.30. The van der Waals surface area contributed by atoms with Gasteiger partial charge in [0.25, 0.3) is 0 Å². The Balaban J connectivity index is 2.04. The second-order valence-electron chi connectivity index (χ2n) is 7.29. The Kier molecular flexibility index (Phi) is 6.92. The predicted octanol–water partition coefficient (Wildman–Crippen LogP) is 2.22. The van der Waals surface area contributed by atoms with E-state index >= 15 is 0 Å². The number of sulfone groups is 1. The Labute approximate surface area is 168 Å². The van der Waals surface area contributed by atoms with Crippen molar-refractivity contribution in [1.82, 2.24) is 10.2 Å². The van der Waals surface area contributed by atoms with E-state index < -0.39 is 27.4 Å². The average molecular weight is 437 g/mol. The molecule has 1 aliphatic heterocycles. The van der Waals surface area contributed by atoms with Crippen LogP contribution in [0, 0.1) is 0 Å². The van der Waals surface area contributed by atoms with E-state index in [9.17, 15) is 21.6 Å². The molecule has 1 fully saturated rings. The standard InChI is InChI=1S/C18H26F3N3O4S/c1-17(2)11-24(7-8-29(17,25)26)16(22-3)23-10-13-5-6-14(15(9-13)27-4)28-12-18(19,20)21/h5-6,9H,7-8,10-12H2,1-4H3,(H,22,23). The van der Waals surface area contributed by atoms with Crippen LogP contribution in [0.25, 0.3) is 0 Å². The molecule has 11 heteroatoms. The zero-order chi connectivity index (χ0) is 21.9. The molecule has 0 aromatic heterocycles. The van der Waals surface area contributed by atoms with Crippen molar-refractivity contribution in [3.8, 4) is 11.5 Å². The number of rotatable bonds is 5. The van der Waals surface area contributed by atoms with Gasteiger partial charge in [-0.2, -0.15) is 13.2 Å². The summed E-state index contributed by atoms with van der Waals surface area (Å²) < 4.78 is 70.4. The number of guanidine groups is 1. The van der Waals surface area contributed by atoms with Gasteiger partial charge in [0.1, 0.15) is 0 Å². The molecule has 1 aromatic rings. The molecule has 1 N–H and O–H groups in total. The molecule has 0 atom stereocenters. The molecular formula is C18H26F3N3O4S. The van der Waals surface area contributed by atoms with Gasteiger partial charge in [-0.3, -0.25) is 4.99 Å². The molecule has 164 valence electrons. The van der Waals surface area contributed by atoms with Gasteiger partial charge in [-0.05, 0) is 31.5 Å². The maximum absolute atomic E-state index is 12.4. The minimum Gasteiger partial charge on any atom is -0.493 e. The van der Waals surface area contributed by atoms with Crippen LogP contribution in [-0.4, -0.2) is 69.8 Å². The van der Waals surface area contributed by atoms with Gasteiger partial charge in [0.2, 0.25) is 0 Å². The van der Waals surface area contributed by atoms with Gasteiger partial charge < -0.3 is 19.7 Å². The second-order valence-corrected chi connectivity index (χ2v) is 10.0. The summed E-state index contributed by atoms with van der Waals surface area (Å²) in [6, 6.07) is 4.62. The summed E-state index contributed by atoms with van der Waals surface area (Å²) in [5.74, 6) is 0.777. The second kappa shape index (κ2) is 8.68. The highest BCUT2D eigenvalue weighted by Gasteiger charge is 2.41. The molecule has 0 spiro atoms. The Morgan fingerprint density at radius 2 is 2.00 bits per heavy atom. The monoisotopic (exact) mass is 437 g/mol. The van der Waals surface area contributed by atoms with Gasteiger partial charge >= 0.3 is 6.18 Å². The number of hydrogen-bond acceptors (Lipinski definition) is 5. The number of ether oxygens (including phenoxy) is 2. The lowest BCUT2D eigenvalue weighted by Crippen LogP contribution is -2.57. The van der Waals surface area contributed by atoms with Crippen molar-refractivity contribution in [1.29, 1.82) is 0 Å². The zero-order valence-electron chi connectivity index (χ0n) is 16.8. The summed E-state index contributed by atoms with van der Waals surface area (Å²) in [5, 5.41) is 3.15. The molecule has 1 aliphatic rings. The molecule has 0 unspecified atom stereocenters. The third-order valence-corrected chi connectivity index (χ3v) is 7.16. The maximum atomic E-state index is 12.4. The molecule has 1 heterocycles. The molecule has 0 amide bonds. The smallest absolute Gasteiger partial charge is 0.422 e. The van der Waals surface area contributed by atoms with Crippen molar-refractivity contribution in [2.75, 3.05) is 39.6 Å². The first-order valence-electron chi connectivity index (χ1n) is 8.93. The van der Waals surface area contributed by atoms with Gasteiger partial charge in [-0.25, -0.2) is 8.42 Å². The summed E-state index contributed by atoms with van der Waals surface area (Å²) in [7, 11) is -0.214. The predicted molar refractivity (Wildman–Crippen MR) is 104 cm³/mol. The highest BCUT2D eigenvalue weighted by Crippen LogP contribution is 2.30. The largest absolute Gasteiger partial charge is 0.493 e. The molecular weight excluding hydrogens is 411 g/mol. The van der Waals surface area contributed by atoms with Crippen molar-refractivity contribution in [2.45, 2.75) is 31.3 Å². The number of hydrogen-bond donors (Lipinski definition) is 1. The van der Waals surface area contributed by atoms with Crippen LogP contribution in [-0.2, 0) is 16.4 Å². The van der Waals surface area contributed by atoms with Crippen LogP contribution in [0.1, 0.15) is 19.4 Å². The van der Waals surface area contributed by atoms with Crippen molar-refractivity contribution in [3.05, 3.63) is 23.8 Å². The molecule has 7 nitrogen and oxygen atoms in total. The molecule has 1 aromatic carbocycles. The van der Waals surface area contributed by atoms with Crippen molar-refractivity contribution in [3.63, 3.8) is 0 Å². The molecule has 0 bridgehead atoms. The van der Waals surface area contributed by atoms with E-state index in [0.29, 0.717) is 25.6 Å². The Hall–Kier alpha value is -2.17. The minimum atomic E-state index is -4.44. The summed E-state index contributed by atoms with van der Waals surface area (Å²) in [6.07, 6.45) is -4.44. The number of aliphatic imine (C=N–C) groups is 1. The van der Waals surface area contributed by atoms with Gasteiger partial charge in [-0.1, -0.05) is 6.07 Å². The van der Waals surface area contributed by atoms with Gasteiger partial charge in [-0.15, -0.1) is 0 Å². The summed E-state index contributed by atoms with van der Waals surface area (Å²) in [4.78, 5) is 6.09. The van der Waals surface area contributed by atoms with E-state index in [2.05, 4.69) is 10.3 Å². The topological polar surface area (TPSA) is 80.2 Å². The van der Waals surface area contributed by atoms with Crippen molar-refractivity contribution < 1.29 is 31.1 Å². The number of alkyl halides is 3. The molecule has 2 rings (SSSR count). The lowest BCUT2D eigenvalue weighted by Gasteiger charge is -2.39. The third-order valence-electron chi connectivity index (χ3n) is 4.62. The highest BCUT2D eigenvalue weighted by molar-refractivity contribution is 7.92. The van der Waals surface area contributed by atoms with Crippen LogP contribution in [0.4, 0.5) is 13.2 Å². The summed E-state index contributed by atoms with van der Waals surface area (Å²) in [6.45, 7) is 2.94. The number of nitrogens with zero attached hydrogens (tertiary/aromatic N) is 2. The van der Waals surface area contributed by atoms with Gasteiger partial charge in [0.05, 0.1) is 17.6 Å². The number of methoxy groups -OCH3 is 1. The van der Waals surface area contributed by atoms with E-state index in [1.807, 2.05) is 4.90 Å². The van der Waals surface area contributed by atoms with Crippen LogP contribution < -0.4 is 14.8 Å². The van der Waals surface area contributed by atoms with Crippen molar-refractivity contribution >= 4 is 15.8 Å². The van der Waals surface area contributed by atoms with Crippen LogP contribution in [0.15, 0.2) is 23.2 Å². The summed E-state index contributed by atoms with van der Waals surface area (Å²) >= 11 is 0. The maximum Gasteiger partial charge on any atom is 0.422 e. The Bertz CT molecular complexity index is 854. The van der Waals surface area contributed by atoms with E-state index in [4.69, 9.17) is 9.47 Å². The van der Waals surface area contributed by atoms with E-state index in [-0.39, 0.29) is 17.3 Å². The number of benzene rings is 1. The molecule has 0 saturated carbocycles. The summed E-state index contributed by atoms with van der Waals surface area (Å²) in [5.41, 5.74) is 0.742. The Morgan fingerprint density at radius 3 is 2.55 bits per heavy atom. The first kappa shape index (κ1) is 23.1. The first-order valence-corrected chi connectivity index (χ1v) is 10.6. The van der Waals surface area contributed by atoms with E-state index in [0.717, 1.165) is 5.56 Å². The number of halogens is 3. The van der Waals surface area contributed by atoms with Crippen LogP contribution in [0.5, 0.6) is 11.5 Å². The lowest BCUT2D eigenvalue weighted by atomic mass is 10.2. The van der Waals surface area contributed by atoms with Crippen LogP contribution in [0.2, 0.25) is 0 Å². The van der Waals surface area contributed by atoms with Crippen molar-refractivity contribution in [2.24, 2.45) is 4.99 Å². The molecule has 29 heavy (non-hydrogen) atoms. The van der Waals surface area contributed by atoms with E-state index in [1.165, 1.54) is 13.2 Å². The Morgan fingerprint density at radius 1 is 1.31 bits per heavy atom. The minimum absolute atomic E-state index is 0.000874. The molecule has 1 saturated heterocycles. The lowest BCUT2D eigenvalue weighted by molar-refractivity contribution is -0.153. The highest BCUT2D eigenvalue weighted by atomic mass is 32.2. The molecule has 0 aliphatic carbocycles. The average Bonchev–Trinajstić information content (AvgIpc) is 2.63. The van der Waals surface area contributed by atoms with Gasteiger partial charge in [0.15, 0.2) is 33.9 Å². The van der Waals surface area contributed by atoms with Crippen LogP contribution >= 0.6 is 0 Å². The normalized spacial score (nSPS) is 19.0. The quantitative estimate of drug-likeness (QED) is 0.562. The zero-order valence-corrected chi connectivity index (χ0v) is 17.7. The fourth-order valence-electron chi connectivity index (χ4n) is 2.94. The molecule has 0 radical (unpaired) electrons. The van der Waals surface area contributed by atoms with Gasteiger partial charge in [0, 0.05) is 26.7 Å². The third kappa shape index (κ3) is 5.91. The first-order chi connectivity index (χ1) is 13.4. The fraction of sp³-hybridized carbons (Fsp3) is 0.611.